The van der Waals surface area contributed by atoms with Crippen molar-refractivity contribution < 1.29 is 34.9 Å². The van der Waals surface area contributed by atoms with E-state index < -0.39 is 5.91 Å². The molecule has 0 radical (unpaired) electrons. The molecule has 1 aromatic heterocycles. The number of amides is 1. The van der Waals surface area contributed by atoms with E-state index in [0.29, 0.717) is 18.7 Å². The fourth-order valence-corrected chi connectivity index (χ4v) is 3.19. The number of hydrogen-bond acceptors (Lipinski definition) is 10. The summed E-state index contributed by atoms with van der Waals surface area (Å²) in [5.74, 6) is -0.525. The molecule has 1 amide bonds. The third-order valence-corrected chi connectivity index (χ3v) is 4.86. The average molecular weight is 478 g/mol. The Morgan fingerprint density at radius 2 is 1.69 bits per heavy atom. The maximum atomic E-state index is 12.5. The fourth-order valence-electron chi connectivity index (χ4n) is 3.19. The van der Waals surface area contributed by atoms with Crippen LogP contribution in [-0.2, 0) is 6.42 Å². The van der Waals surface area contributed by atoms with E-state index in [1.807, 2.05) is 0 Å². The van der Waals surface area contributed by atoms with Gasteiger partial charge in [0.15, 0.2) is 11.5 Å². The summed E-state index contributed by atoms with van der Waals surface area (Å²) in [4.78, 5) is 23.1. The highest BCUT2D eigenvalue weighted by Crippen LogP contribution is 2.43. The molecule has 0 aliphatic carbocycles. The summed E-state index contributed by atoms with van der Waals surface area (Å²) < 4.78 is 11.0. The van der Waals surface area contributed by atoms with Gasteiger partial charge in [0.2, 0.25) is 0 Å². The van der Waals surface area contributed by atoms with Gasteiger partial charge in [-0.1, -0.05) is 17.3 Å². The van der Waals surface area contributed by atoms with Gasteiger partial charge in [0, 0.05) is 24.7 Å². The zero-order chi connectivity index (χ0) is 24.1. The van der Waals surface area contributed by atoms with Gasteiger partial charge in [-0.15, -0.1) is 4.91 Å². The first-order chi connectivity index (χ1) is 16.4. The van der Waals surface area contributed by atoms with Crippen LogP contribution in [0.4, 0.5) is 5.69 Å². The minimum Gasteiger partial charge on any atom is -0.870 e. The van der Waals surface area contributed by atoms with Crippen LogP contribution in [0.1, 0.15) is 16.1 Å². The fraction of sp³-hybridized carbons (Fsp3) is 0.0833. The second kappa shape index (κ2) is 10.8. The lowest BCUT2D eigenvalue weighted by atomic mass is 10.1. The molecule has 0 unspecified atom stereocenters. The first-order valence-corrected chi connectivity index (χ1v) is 10.1. The normalized spacial score (nSPS) is 10.3. The van der Waals surface area contributed by atoms with Crippen LogP contribution in [-0.4, -0.2) is 38.4 Å². The molecule has 0 aliphatic rings. The van der Waals surface area contributed by atoms with Gasteiger partial charge < -0.3 is 35.4 Å². The largest absolute Gasteiger partial charge is 0.870 e. The highest BCUT2D eigenvalue weighted by Gasteiger charge is 2.21. The van der Waals surface area contributed by atoms with E-state index >= 15 is 0 Å². The molecule has 0 spiro atoms. The molecule has 180 valence electrons. The lowest BCUT2D eigenvalue weighted by molar-refractivity contribution is 0.0945. The smallest absolute Gasteiger partial charge is 0.273 e. The predicted molar refractivity (Wildman–Crippen MR) is 123 cm³/mol. The minimum atomic E-state index is -0.480. The summed E-state index contributed by atoms with van der Waals surface area (Å²) in [7, 11) is 0. The summed E-state index contributed by atoms with van der Waals surface area (Å²) in [6, 6.07) is 16.2. The van der Waals surface area contributed by atoms with E-state index in [1.54, 1.807) is 24.3 Å². The number of aromatic nitrogens is 1. The van der Waals surface area contributed by atoms with Gasteiger partial charge in [0.1, 0.15) is 40.0 Å². The Morgan fingerprint density at radius 3 is 2.37 bits per heavy atom. The van der Waals surface area contributed by atoms with Crippen molar-refractivity contribution in [2.75, 3.05) is 6.54 Å². The van der Waals surface area contributed by atoms with Gasteiger partial charge in [-0.25, -0.2) is 0 Å². The number of nitrogens with one attached hydrogen (secondary N) is 1. The van der Waals surface area contributed by atoms with Gasteiger partial charge in [0.25, 0.3) is 5.91 Å². The summed E-state index contributed by atoms with van der Waals surface area (Å²) >= 11 is 0. The summed E-state index contributed by atoms with van der Waals surface area (Å²) in [5, 5.41) is 39.0. The van der Waals surface area contributed by atoms with Gasteiger partial charge in [-0.2, -0.15) is 0 Å². The Hall–Kier alpha value is -4.90. The third kappa shape index (κ3) is 5.92. The molecule has 5 N–H and O–H groups in total. The molecule has 0 fully saturated rings. The quantitative estimate of drug-likeness (QED) is 0.266. The summed E-state index contributed by atoms with van der Waals surface area (Å²) in [5.41, 5.74) is 1.21. The number of benzene rings is 3. The van der Waals surface area contributed by atoms with Crippen molar-refractivity contribution in [3.63, 3.8) is 0 Å². The minimum absolute atomic E-state index is 0. The van der Waals surface area contributed by atoms with Gasteiger partial charge in [-0.05, 0) is 53.6 Å². The Morgan fingerprint density at radius 1 is 0.971 bits per heavy atom. The van der Waals surface area contributed by atoms with E-state index in [1.165, 1.54) is 36.4 Å². The summed E-state index contributed by atoms with van der Waals surface area (Å²) in [6.45, 7) is 0.330. The first kappa shape index (κ1) is 24.7. The van der Waals surface area contributed by atoms with E-state index in [-0.39, 0.29) is 51.2 Å². The van der Waals surface area contributed by atoms with E-state index in [2.05, 4.69) is 15.7 Å². The number of carbonyl (C=O) groups excluding carboxylic acids is 1. The average Bonchev–Trinajstić information content (AvgIpc) is 3.30. The predicted octanol–water partition coefficient (Wildman–Crippen LogP) is 4.44. The maximum Gasteiger partial charge on any atom is 0.273 e. The molecule has 35 heavy (non-hydrogen) atoms. The van der Waals surface area contributed by atoms with Gasteiger partial charge in [-0.3, -0.25) is 4.79 Å². The first-order valence-electron chi connectivity index (χ1n) is 10.1. The van der Waals surface area contributed by atoms with Gasteiger partial charge >= 0.3 is 0 Å². The number of nitrogens with zero attached hydrogens (tertiary/aromatic N) is 2. The molecule has 0 saturated heterocycles. The Balaban J connectivity index is 0.00000342. The zero-order valence-electron chi connectivity index (χ0n) is 18.1. The van der Waals surface area contributed by atoms with Crippen molar-refractivity contribution in [2.45, 2.75) is 6.42 Å². The number of phenolic OH excluding ortho intramolecular Hbond substituents is 3. The molecule has 0 atom stereocenters. The van der Waals surface area contributed by atoms with E-state index in [0.717, 1.165) is 11.6 Å². The lowest BCUT2D eigenvalue weighted by Crippen LogP contribution is -2.25. The molecule has 3 aromatic carbocycles. The molecule has 1 heterocycles. The maximum absolute atomic E-state index is 12.5. The molecule has 4 aromatic rings. The van der Waals surface area contributed by atoms with Crippen LogP contribution in [0.25, 0.3) is 11.3 Å². The van der Waals surface area contributed by atoms with Crippen molar-refractivity contribution in [2.24, 2.45) is 5.18 Å². The number of aromatic hydroxyl groups is 3. The van der Waals surface area contributed by atoms with Crippen LogP contribution < -0.4 is 10.1 Å². The van der Waals surface area contributed by atoms with Crippen molar-refractivity contribution in [1.29, 1.82) is 0 Å². The zero-order valence-corrected chi connectivity index (χ0v) is 18.1. The topological polar surface area (TPSA) is 184 Å². The molecule has 0 bridgehead atoms. The molecule has 0 saturated carbocycles. The monoisotopic (exact) mass is 478 g/mol. The molecule has 11 heteroatoms. The van der Waals surface area contributed by atoms with Crippen molar-refractivity contribution >= 4 is 11.6 Å². The second-order valence-corrected chi connectivity index (χ2v) is 7.27. The molecule has 4 rings (SSSR count). The van der Waals surface area contributed by atoms with Crippen LogP contribution in [0.2, 0.25) is 0 Å². The molecular formula is C24H20N3O8-. The highest BCUT2D eigenvalue weighted by atomic mass is 16.5. The number of ether oxygens (including phenoxy) is 1. The lowest BCUT2D eigenvalue weighted by Gasteiger charge is -2.11. The molecular weight excluding hydrogens is 458 g/mol. The van der Waals surface area contributed by atoms with Crippen LogP contribution in [0.5, 0.6) is 28.7 Å². The van der Waals surface area contributed by atoms with E-state index in [4.69, 9.17) is 9.26 Å². The van der Waals surface area contributed by atoms with Crippen molar-refractivity contribution in [1.82, 2.24) is 10.5 Å². The number of hydrogen-bond donors (Lipinski definition) is 4. The summed E-state index contributed by atoms with van der Waals surface area (Å²) in [6.07, 6.45) is 0.548. The number of nitroso groups, excluding NO2 is 1. The second-order valence-electron chi connectivity index (χ2n) is 7.27. The number of phenols is 3. The molecule has 11 nitrogen and oxygen atoms in total. The third-order valence-electron chi connectivity index (χ3n) is 4.86. The SMILES string of the molecule is O=Nc1ccc(Oc2cc(O)cc(O)c2-c2cc(C(=O)NCCc3ccc(O)cc3)no2)cc1.[OH-]. The Labute approximate surface area is 198 Å². The van der Waals surface area contributed by atoms with Crippen LogP contribution >= 0.6 is 0 Å². The number of rotatable bonds is 8. The highest BCUT2D eigenvalue weighted by molar-refractivity contribution is 5.93. The standard InChI is InChI=1S/C24H19N3O7.H2O/c28-16-5-1-14(2-6-16)9-10-25-24(31)19-13-22(34-27-19)23-20(30)11-17(29)12-21(23)33-18-7-3-15(26-32)4-8-18;/h1-8,11-13,28-30H,9-10H2,(H,25,31);1H2/p-1. The Kier molecular flexibility index (Phi) is 7.64. The van der Waals surface area contributed by atoms with Crippen LogP contribution in [0.3, 0.4) is 0 Å². The Bertz CT molecular complexity index is 1320. The van der Waals surface area contributed by atoms with E-state index in [9.17, 15) is 25.0 Å². The van der Waals surface area contributed by atoms with Gasteiger partial charge in [0.05, 0.1) is 0 Å². The van der Waals surface area contributed by atoms with Crippen LogP contribution in [0, 0.1) is 4.91 Å². The van der Waals surface area contributed by atoms with Crippen LogP contribution in [0.15, 0.2) is 76.4 Å². The number of carbonyl (C=O) groups is 1. The van der Waals surface area contributed by atoms with Crippen molar-refractivity contribution in [3.05, 3.63) is 82.9 Å². The van der Waals surface area contributed by atoms with Crippen molar-refractivity contribution in [3.8, 4) is 40.1 Å². The molecule has 0 aliphatic heterocycles.